The van der Waals surface area contributed by atoms with Gasteiger partial charge in [0.25, 0.3) is 0 Å². The van der Waals surface area contributed by atoms with Crippen LogP contribution in [-0.4, -0.2) is 23.8 Å². The number of hydrogen-bond acceptors (Lipinski definition) is 3. The molecule has 0 aliphatic heterocycles. The molecule has 70 valence electrons. The summed E-state index contributed by atoms with van der Waals surface area (Å²) in [5, 5.41) is 9.29. The molecule has 0 aromatic rings. The van der Waals surface area contributed by atoms with E-state index in [9.17, 15) is 9.90 Å². The second-order valence-electron chi connectivity index (χ2n) is 3.27. The monoisotopic (exact) mass is 172 g/mol. The highest BCUT2D eigenvalue weighted by atomic mass is 16.5. The van der Waals surface area contributed by atoms with Crippen LogP contribution in [0.5, 0.6) is 0 Å². The highest BCUT2D eigenvalue weighted by Gasteiger charge is 2.26. The van der Waals surface area contributed by atoms with E-state index in [2.05, 4.69) is 0 Å². The van der Waals surface area contributed by atoms with Crippen molar-refractivity contribution in [2.24, 2.45) is 5.92 Å². The molecule has 1 aliphatic rings. The first kappa shape index (κ1) is 9.52. The Morgan fingerprint density at radius 3 is 2.92 bits per heavy atom. The maximum absolute atomic E-state index is 11.2. The maximum Gasteiger partial charge on any atom is 0.309 e. The second-order valence-corrected chi connectivity index (χ2v) is 3.27. The fraction of sp³-hybridized carbons (Fsp3) is 0.889. The Morgan fingerprint density at radius 2 is 2.33 bits per heavy atom. The molecule has 2 atom stereocenters. The van der Waals surface area contributed by atoms with Crippen LogP contribution in [0.3, 0.4) is 0 Å². The van der Waals surface area contributed by atoms with Crippen LogP contribution in [0, 0.1) is 5.92 Å². The zero-order valence-corrected chi connectivity index (χ0v) is 7.45. The number of carbonyl (C=O) groups is 1. The standard InChI is InChI=1S/C9H16O3/c1-2-12-9(11)7-4-3-5-8(10)6-7/h7-8,10H,2-6H2,1H3/t7?,8-/m1/s1. The van der Waals surface area contributed by atoms with Gasteiger partial charge in [0.05, 0.1) is 18.6 Å². The summed E-state index contributed by atoms with van der Waals surface area (Å²) in [7, 11) is 0. The fourth-order valence-electron chi connectivity index (χ4n) is 1.64. The van der Waals surface area contributed by atoms with Gasteiger partial charge in [-0.3, -0.25) is 4.79 Å². The van der Waals surface area contributed by atoms with Crippen LogP contribution in [0.4, 0.5) is 0 Å². The highest BCUT2D eigenvalue weighted by Crippen LogP contribution is 2.24. The Morgan fingerprint density at radius 1 is 1.58 bits per heavy atom. The molecule has 1 aliphatic carbocycles. The third-order valence-electron chi connectivity index (χ3n) is 2.27. The molecule has 0 bridgehead atoms. The predicted octanol–water partition coefficient (Wildman–Crippen LogP) is 1.10. The zero-order valence-electron chi connectivity index (χ0n) is 7.45. The Labute approximate surface area is 72.7 Å². The van der Waals surface area contributed by atoms with Gasteiger partial charge in [-0.15, -0.1) is 0 Å². The van der Waals surface area contributed by atoms with Crippen LogP contribution in [0.25, 0.3) is 0 Å². The highest BCUT2D eigenvalue weighted by molar-refractivity contribution is 5.72. The molecule has 0 amide bonds. The van der Waals surface area contributed by atoms with Crippen LogP contribution in [0.2, 0.25) is 0 Å². The number of aliphatic hydroxyl groups excluding tert-OH is 1. The van der Waals surface area contributed by atoms with Crippen LogP contribution in [-0.2, 0) is 9.53 Å². The van der Waals surface area contributed by atoms with Gasteiger partial charge in [0.2, 0.25) is 0 Å². The van der Waals surface area contributed by atoms with Gasteiger partial charge < -0.3 is 9.84 Å². The van der Waals surface area contributed by atoms with Gasteiger partial charge in [0.1, 0.15) is 0 Å². The van der Waals surface area contributed by atoms with E-state index in [-0.39, 0.29) is 18.0 Å². The molecule has 0 heterocycles. The predicted molar refractivity (Wildman–Crippen MR) is 44.6 cm³/mol. The van der Waals surface area contributed by atoms with Crippen molar-refractivity contribution in [3.8, 4) is 0 Å². The molecule has 0 radical (unpaired) electrons. The van der Waals surface area contributed by atoms with Gasteiger partial charge in [0, 0.05) is 0 Å². The molecule has 3 nitrogen and oxygen atoms in total. The summed E-state index contributed by atoms with van der Waals surface area (Å²) in [6.45, 7) is 2.24. The van der Waals surface area contributed by atoms with E-state index < -0.39 is 0 Å². The molecule has 1 unspecified atom stereocenters. The van der Waals surface area contributed by atoms with Crippen molar-refractivity contribution in [1.82, 2.24) is 0 Å². The van der Waals surface area contributed by atoms with E-state index in [0.717, 1.165) is 19.3 Å². The van der Waals surface area contributed by atoms with Crippen molar-refractivity contribution in [1.29, 1.82) is 0 Å². The van der Waals surface area contributed by atoms with Gasteiger partial charge in [-0.25, -0.2) is 0 Å². The van der Waals surface area contributed by atoms with Gasteiger partial charge in [-0.1, -0.05) is 6.42 Å². The number of carbonyl (C=O) groups excluding carboxylic acids is 1. The van der Waals surface area contributed by atoms with Crippen molar-refractivity contribution in [2.45, 2.75) is 38.7 Å². The molecule has 0 aromatic carbocycles. The number of aliphatic hydroxyl groups is 1. The topological polar surface area (TPSA) is 46.5 Å². The molecule has 1 fully saturated rings. The Kier molecular flexibility index (Phi) is 3.53. The SMILES string of the molecule is CCOC(=O)C1CCC[C@@H](O)C1. The van der Waals surface area contributed by atoms with Crippen molar-refractivity contribution < 1.29 is 14.6 Å². The summed E-state index contributed by atoms with van der Waals surface area (Å²) in [5.74, 6) is -0.204. The van der Waals surface area contributed by atoms with Crippen molar-refractivity contribution in [2.75, 3.05) is 6.61 Å². The van der Waals surface area contributed by atoms with Crippen molar-refractivity contribution in [3.05, 3.63) is 0 Å². The van der Waals surface area contributed by atoms with Gasteiger partial charge in [0.15, 0.2) is 0 Å². The van der Waals surface area contributed by atoms with Gasteiger partial charge in [-0.05, 0) is 26.2 Å². The normalized spacial score (nSPS) is 29.8. The molecular formula is C9H16O3. The number of hydrogen-bond donors (Lipinski definition) is 1. The van der Waals surface area contributed by atoms with Gasteiger partial charge >= 0.3 is 5.97 Å². The third kappa shape index (κ3) is 2.48. The lowest BCUT2D eigenvalue weighted by Gasteiger charge is -2.23. The summed E-state index contributed by atoms with van der Waals surface area (Å²) in [6, 6.07) is 0. The third-order valence-corrected chi connectivity index (χ3v) is 2.27. The largest absolute Gasteiger partial charge is 0.466 e. The summed E-state index contributed by atoms with van der Waals surface area (Å²) in [4.78, 5) is 11.2. The molecular weight excluding hydrogens is 156 g/mol. The Balaban J connectivity index is 2.35. The van der Waals surface area contributed by atoms with Crippen LogP contribution < -0.4 is 0 Å². The van der Waals surface area contributed by atoms with E-state index in [4.69, 9.17) is 4.74 Å². The average Bonchev–Trinajstić information content (AvgIpc) is 2.05. The first-order valence-corrected chi connectivity index (χ1v) is 4.58. The average molecular weight is 172 g/mol. The molecule has 3 heteroatoms. The number of rotatable bonds is 2. The van der Waals surface area contributed by atoms with E-state index in [0.29, 0.717) is 13.0 Å². The molecule has 0 aromatic heterocycles. The lowest BCUT2D eigenvalue weighted by atomic mass is 9.87. The summed E-state index contributed by atoms with van der Waals surface area (Å²) in [6.07, 6.45) is 2.92. The van der Waals surface area contributed by atoms with E-state index in [1.807, 2.05) is 0 Å². The van der Waals surface area contributed by atoms with Crippen LogP contribution >= 0.6 is 0 Å². The van der Waals surface area contributed by atoms with Crippen LogP contribution in [0.15, 0.2) is 0 Å². The van der Waals surface area contributed by atoms with E-state index in [1.54, 1.807) is 6.92 Å². The minimum absolute atomic E-state index is 0.0614. The van der Waals surface area contributed by atoms with Crippen LogP contribution in [0.1, 0.15) is 32.6 Å². The molecule has 0 spiro atoms. The molecule has 0 saturated heterocycles. The number of esters is 1. The minimum Gasteiger partial charge on any atom is -0.466 e. The summed E-state index contributed by atoms with van der Waals surface area (Å²) < 4.78 is 4.88. The van der Waals surface area contributed by atoms with Crippen molar-refractivity contribution in [3.63, 3.8) is 0 Å². The smallest absolute Gasteiger partial charge is 0.309 e. The summed E-state index contributed by atoms with van der Waals surface area (Å²) in [5.41, 5.74) is 0. The molecule has 1 N–H and O–H groups in total. The van der Waals surface area contributed by atoms with Gasteiger partial charge in [-0.2, -0.15) is 0 Å². The Hall–Kier alpha value is -0.570. The lowest BCUT2D eigenvalue weighted by Crippen LogP contribution is -2.27. The lowest BCUT2D eigenvalue weighted by molar-refractivity contribution is -0.150. The quantitative estimate of drug-likeness (QED) is 0.634. The number of ether oxygens (including phenoxy) is 1. The Bertz CT molecular complexity index is 156. The second kappa shape index (κ2) is 4.45. The first-order valence-electron chi connectivity index (χ1n) is 4.58. The fourth-order valence-corrected chi connectivity index (χ4v) is 1.64. The first-order chi connectivity index (χ1) is 5.74. The molecule has 1 saturated carbocycles. The summed E-state index contributed by atoms with van der Waals surface area (Å²) >= 11 is 0. The molecule has 12 heavy (non-hydrogen) atoms. The van der Waals surface area contributed by atoms with Crippen molar-refractivity contribution >= 4 is 5.97 Å². The van der Waals surface area contributed by atoms with E-state index in [1.165, 1.54) is 0 Å². The maximum atomic E-state index is 11.2. The molecule has 1 rings (SSSR count). The van der Waals surface area contributed by atoms with E-state index >= 15 is 0 Å². The zero-order chi connectivity index (χ0) is 8.97. The minimum atomic E-state index is -0.298.